The highest BCUT2D eigenvalue weighted by Crippen LogP contribution is 2.50. The number of ketones is 1. The number of esters is 1. The molecule has 0 unspecified atom stereocenters. The van der Waals surface area contributed by atoms with Gasteiger partial charge < -0.3 is 4.74 Å². The molecular weight excluding hydrogens is 504 g/mol. The van der Waals surface area contributed by atoms with Gasteiger partial charge >= 0.3 is 5.97 Å². The van der Waals surface area contributed by atoms with E-state index in [1.165, 1.54) is 23.5 Å². The van der Waals surface area contributed by atoms with Crippen molar-refractivity contribution in [1.29, 1.82) is 0 Å². The molecule has 8 nitrogen and oxygen atoms in total. The normalized spacial score (nSPS) is 21.3. The molecule has 9 heteroatoms. The van der Waals surface area contributed by atoms with Gasteiger partial charge in [0.15, 0.2) is 5.78 Å². The molecular formula is C29H26N2O6S. The van der Waals surface area contributed by atoms with Crippen molar-refractivity contribution in [2.24, 2.45) is 5.92 Å². The summed E-state index contributed by atoms with van der Waals surface area (Å²) in [6, 6.07) is 17.3. The molecule has 1 aromatic heterocycles. The molecule has 0 saturated heterocycles. The summed E-state index contributed by atoms with van der Waals surface area (Å²) in [6.07, 6.45) is 0.217. The summed E-state index contributed by atoms with van der Waals surface area (Å²) in [5, 5.41) is 13.4. The summed E-state index contributed by atoms with van der Waals surface area (Å²) in [5.41, 5.74) is 2.91. The van der Waals surface area contributed by atoms with Gasteiger partial charge in [0.05, 0.1) is 11.5 Å². The number of allylic oxidation sites excluding steroid dienone is 2. The third-order valence-corrected chi connectivity index (χ3v) is 8.15. The predicted molar refractivity (Wildman–Crippen MR) is 143 cm³/mol. The highest BCUT2D eigenvalue weighted by Gasteiger charge is 2.50. The monoisotopic (exact) mass is 530 g/mol. The first-order valence-electron chi connectivity index (χ1n) is 12.4. The number of carbonyl (C=O) groups excluding carboxylic acids is 3. The molecule has 0 bridgehead atoms. The van der Waals surface area contributed by atoms with E-state index in [0.29, 0.717) is 22.5 Å². The van der Waals surface area contributed by atoms with Gasteiger partial charge in [-0.1, -0.05) is 35.9 Å². The van der Waals surface area contributed by atoms with Crippen LogP contribution in [-0.4, -0.2) is 29.2 Å². The molecule has 0 radical (unpaired) electrons. The second-order valence-corrected chi connectivity index (χ2v) is 10.4. The molecule has 38 heavy (non-hydrogen) atoms. The number of Topliss-reactive ketones (excluding diaryl/α,β-unsaturated/α-hetero) is 1. The van der Waals surface area contributed by atoms with E-state index in [1.807, 2.05) is 48.7 Å². The Morgan fingerprint density at radius 2 is 1.87 bits per heavy atom. The first kappa shape index (κ1) is 25.5. The van der Waals surface area contributed by atoms with Gasteiger partial charge in [0.2, 0.25) is 5.91 Å². The molecule has 3 atom stereocenters. The molecule has 5 rings (SSSR count). The third-order valence-electron chi connectivity index (χ3n) is 7.15. The van der Waals surface area contributed by atoms with Gasteiger partial charge in [0.25, 0.3) is 5.69 Å². The van der Waals surface area contributed by atoms with E-state index in [-0.39, 0.29) is 31.0 Å². The number of nitro benzene ring substituents is 1. The largest absolute Gasteiger partial charge is 0.465 e. The van der Waals surface area contributed by atoms with Gasteiger partial charge in [-0.25, -0.2) is 0 Å². The zero-order chi connectivity index (χ0) is 27.0. The van der Waals surface area contributed by atoms with Crippen molar-refractivity contribution < 1.29 is 24.0 Å². The van der Waals surface area contributed by atoms with Crippen LogP contribution in [0.1, 0.15) is 47.6 Å². The van der Waals surface area contributed by atoms with Crippen LogP contribution in [0.5, 0.6) is 0 Å². The number of nitro groups is 1. The molecule has 194 valence electrons. The van der Waals surface area contributed by atoms with E-state index in [1.54, 1.807) is 24.0 Å². The van der Waals surface area contributed by atoms with Crippen LogP contribution >= 0.6 is 11.3 Å². The number of hydrogen-bond acceptors (Lipinski definition) is 7. The van der Waals surface area contributed by atoms with Crippen molar-refractivity contribution >= 4 is 40.4 Å². The molecule has 0 N–H and O–H groups in total. The number of non-ortho nitro benzene ring substituents is 1. The maximum Gasteiger partial charge on any atom is 0.317 e. The van der Waals surface area contributed by atoms with E-state index in [9.17, 15) is 24.5 Å². The fraction of sp³-hybridized carbons (Fsp3) is 0.276. The first-order valence-corrected chi connectivity index (χ1v) is 13.3. The predicted octanol–water partition coefficient (Wildman–Crippen LogP) is 5.68. The maximum absolute atomic E-state index is 14.3. The van der Waals surface area contributed by atoms with Crippen molar-refractivity contribution in [2.75, 3.05) is 11.5 Å². The molecule has 0 spiro atoms. The second-order valence-electron chi connectivity index (χ2n) is 9.45. The smallest absolute Gasteiger partial charge is 0.317 e. The Hall–Kier alpha value is -4.11. The molecule has 1 amide bonds. The Balaban J connectivity index is 1.72. The minimum Gasteiger partial charge on any atom is -0.465 e. The average Bonchev–Trinajstić information content (AvgIpc) is 3.44. The topological polar surface area (TPSA) is 107 Å². The minimum atomic E-state index is -1.07. The van der Waals surface area contributed by atoms with Gasteiger partial charge in [-0.05, 0) is 49.4 Å². The molecule has 3 aromatic rings. The van der Waals surface area contributed by atoms with Gasteiger partial charge in [0, 0.05) is 52.2 Å². The van der Waals surface area contributed by atoms with Crippen molar-refractivity contribution in [3.63, 3.8) is 0 Å². The Kier molecular flexibility index (Phi) is 6.94. The number of nitrogens with zero attached hydrogens (tertiary/aromatic N) is 2. The highest BCUT2D eigenvalue weighted by molar-refractivity contribution is 7.10. The molecule has 0 fully saturated rings. The number of ether oxygens (including phenoxy) is 1. The summed E-state index contributed by atoms with van der Waals surface area (Å²) in [7, 11) is 0. The van der Waals surface area contributed by atoms with Crippen molar-refractivity contribution in [3.8, 4) is 0 Å². The van der Waals surface area contributed by atoms with E-state index in [4.69, 9.17) is 4.74 Å². The van der Waals surface area contributed by atoms with Gasteiger partial charge in [0.1, 0.15) is 5.92 Å². The number of rotatable bonds is 6. The number of benzene rings is 2. The van der Waals surface area contributed by atoms with Crippen LogP contribution in [0.2, 0.25) is 0 Å². The fourth-order valence-corrected chi connectivity index (χ4v) is 6.30. The van der Waals surface area contributed by atoms with Crippen LogP contribution in [0.25, 0.3) is 0 Å². The zero-order valence-electron chi connectivity index (χ0n) is 21.0. The lowest BCUT2D eigenvalue weighted by Gasteiger charge is -2.42. The van der Waals surface area contributed by atoms with Crippen LogP contribution in [0.4, 0.5) is 11.4 Å². The molecule has 0 saturated carbocycles. The lowest BCUT2D eigenvalue weighted by atomic mass is 9.69. The Morgan fingerprint density at radius 1 is 1.11 bits per heavy atom. The van der Waals surface area contributed by atoms with Crippen LogP contribution in [0, 0.1) is 23.0 Å². The number of amides is 1. The van der Waals surface area contributed by atoms with Crippen LogP contribution < -0.4 is 4.90 Å². The number of hydrogen-bond donors (Lipinski definition) is 0. The summed E-state index contributed by atoms with van der Waals surface area (Å²) in [4.78, 5) is 54.6. The van der Waals surface area contributed by atoms with Crippen molar-refractivity contribution in [3.05, 3.63) is 103 Å². The van der Waals surface area contributed by atoms with E-state index < -0.39 is 34.4 Å². The zero-order valence-corrected chi connectivity index (χ0v) is 21.8. The molecule has 1 aliphatic carbocycles. The Labute approximate surface area is 223 Å². The maximum atomic E-state index is 14.3. The fourth-order valence-electron chi connectivity index (χ4n) is 5.44. The summed E-state index contributed by atoms with van der Waals surface area (Å²) in [6.45, 7) is 3.78. The number of anilines is 1. The van der Waals surface area contributed by atoms with Crippen LogP contribution in [0.3, 0.4) is 0 Å². The average molecular weight is 531 g/mol. The molecule has 2 aromatic carbocycles. The number of aryl methyl sites for hydroxylation is 1. The first-order chi connectivity index (χ1) is 18.3. The lowest BCUT2D eigenvalue weighted by molar-refractivity contribution is -0.384. The van der Waals surface area contributed by atoms with Crippen molar-refractivity contribution in [2.45, 2.75) is 38.5 Å². The van der Waals surface area contributed by atoms with Gasteiger partial charge in [-0.2, -0.15) is 0 Å². The summed E-state index contributed by atoms with van der Waals surface area (Å²) < 4.78 is 5.35. The summed E-state index contributed by atoms with van der Waals surface area (Å²) in [5.74, 6) is -3.49. The third kappa shape index (κ3) is 4.54. The van der Waals surface area contributed by atoms with Crippen molar-refractivity contribution in [1.82, 2.24) is 0 Å². The SMILES string of the molecule is CCOC(=O)[C@@H]1C(=O)C2=C(C[C@@H]1c1cccs1)N(c1ccc(C)cc1)C(=O)C[C@@H]2c1cccc([N+](=O)[O-])c1. The summed E-state index contributed by atoms with van der Waals surface area (Å²) >= 11 is 1.45. The Morgan fingerprint density at radius 3 is 2.53 bits per heavy atom. The lowest BCUT2D eigenvalue weighted by Crippen LogP contribution is -2.46. The number of thiophene rings is 1. The molecule has 1 aliphatic heterocycles. The van der Waals surface area contributed by atoms with Crippen LogP contribution in [-0.2, 0) is 19.1 Å². The van der Waals surface area contributed by atoms with E-state index in [2.05, 4.69) is 0 Å². The second kappa shape index (κ2) is 10.3. The van der Waals surface area contributed by atoms with Crippen LogP contribution in [0.15, 0.2) is 77.3 Å². The van der Waals surface area contributed by atoms with Gasteiger partial charge in [-0.15, -0.1) is 11.3 Å². The number of carbonyl (C=O) groups is 3. The van der Waals surface area contributed by atoms with E-state index in [0.717, 1.165) is 10.4 Å². The molecule has 2 aliphatic rings. The minimum absolute atomic E-state index is 0.0567. The standard InChI is InChI=1S/C29H26N2O6S/c1-3-37-29(34)27-22(24-8-5-13-38-24)15-23-26(28(27)33)21(18-6-4-7-20(14-18)31(35)36)16-25(32)30(23)19-11-9-17(2)10-12-19/h4-14,21-22,27H,3,15-16H2,1-2H3/t21-,22-,27+/m1/s1. The van der Waals surface area contributed by atoms with Gasteiger partial charge in [-0.3, -0.25) is 29.4 Å². The quantitative estimate of drug-likeness (QED) is 0.176. The highest BCUT2D eigenvalue weighted by atomic mass is 32.1. The van der Waals surface area contributed by atoms with E-state index >= 15 is 0 Å². The molecule has 2 heterocycles. The Bertz CT molecular complexity index is 1440.